The van der Waals surface area contributed by atoms with Gasteiger partial charge in [-0.05, 0) is 64.0 Å². The molecule has 0 aliphatic carbocycles. The molecule has 0 bridgehead atoms. The van der Waals surface area contributed by atoms with Gasteiger partial charge >= 0.3 is 5.97 Å². The zero-order valence-corrected chi connectivity index (χ0v) is 19.3. The van der Waals surface area contributed by atoms with Gasteiger partial charge in [0, 0.05) is 13.0 Å². The average Bonchev–Trinajstić information content (AvgIpc) is 2.72. The van der Waals surface area contributed by atoms with E-state index in [9.17, 15) is 4.79 Å². The van der Waals surface area contributed by atoms with Gasteiger partial charge in [0.05, 0.1) is 0 Å². The number of ether oxygens (including phenoxy) is 1. The van der Waals surface area contributed by atoms with E-state index in [1.54, 1.807) is 0 Å². The minimum absolute atomic E-state index is 0.0350. The molecule has 0 radical (unpaired) electrons. The summed E-state index contributed by atoms with van der Waals surface area (Å²) in [7, 11) is 0. The number of nitrogens with one attached hydrogen (secondary N) is 1. The van der Waals surface area contributed by atoms with Gasteiger partial charge in [0.15, 0.2) is 0 Å². The Bertz CT molecular complexity index is 351. The lowest BCUT2D eigenvalue weighted by Gasteiger charge is -2.23. The Labute approximate surface area is 180 Å². The SMILES string of the molecule is CCCCCCCCCC(CCCCCCCCO)OC(=O)CC1CCNCC1. The van der Waals surface area contributed by atoms with E-state index in [1.807, 2.05) is 0 Å². The van der Waals surface area contributed by atoms with Crippen LogP contribution in [0.2, 0.25) is 0 Å². The predicted octanol–water partition coefficient (Wildman–Crippen LogP) is 6.15. The monoisotopic (exact) mass is 411 g/mol. The summed E-state index contributed by atoms with van der Waals surface area (Å²) in [6, 6.07) is 0. The summed E-state index contributed by atoms with van der Waals surface area (Å²) in [5.41, 5.74) is 0. The standard InChI is InChI=1S/C25H49NO3/c1-2-3-4-5-6-9-12-15-24(16-13-10-7-8-11-14-21-27)29-25(28)22-23-17-19-26-20-18-23/h23-24,26-27H,2-22H2,1H3. The molecule has 4 heteroatoms. The molecule has 1 heterocycles. The number of hydrogen-bond acceptors (Lipinski definition) is 4. The van der Waals surface area contributed by atoms with Crippen LogP contribution >= 0.6 is 0 Å². The van der Waals surface area contributed by atoms with Crippen LogP contribution in [-0.4, -0.2) is 36.9 Å². The molecule has 1 aliphatic heterocycles. The van der Waals surface area contributed by atoms with Gasteiger partial charge in [-0.3, -0.25) is 4.79 Å². The van der Waals surface area contributed by atoms with E-state index in [0.717, 1.165) is 58.0 Å². The van der Waals surface area contributed by atoms with Crippen LogP contribution in [0.1, 0.15) is 122 Å². The third kappa shape index (κ3) is 15.8. The second-order valence-corrected chi connectivity index (χ2v) is 9.05. The fourth-order valence-corrected chi connectivity index (χ4v) is 4.34. The van der Waals surface area contributed by atoms with Crippen molar-refractivity contribution in [2.75, 3.05) is 19.7 Å². The number of esters is 1. The first-order valence-corrected chi connectivity index (χ1v) is 12.8. The molecule has 0 amide bonds. The molecule has 1 fully saturated rings. The Balaban J connectivity index is 2.24. The lowest BCUT2D eigenvalue weighted by Crippen LogP contribution is -2.30. The van der Waals surface area contributed by atoms with Crippen LogP contribution in [0.15, 0.2) is 0 Å². The summed E-state index contributed by atoms with van der Waals surface area (Å²) in [4.78, 5) is 12.5. The normalized spacial score (nSPS) is 16.1. The number of carbonyl (C=O) groups is 1. The zero-order valence-electron chi connectivity index (χ0n) is 19.3. The van der Waals surface area contributed by atoms with Crippen molar-refractivity contribution >= 4 is 5.97 Å². The number of piperidine rings is 1. The highest BCUT2D eigenvalue weighted by Gasteiger charge is 2.20. The molecule has 1 unspecified atom stereocenters. The molecule has 0 saturated carbocycles. The summed E-state index contributed by atoms with van der Waals surface area (Å²) < 4.78 is 5.95. The number of carbonyl (C=O) groups excluding carboxylic acids is 1. The van der Waals surface area contributed by atoms with E-state index in [2.05, 4.69) is 12.2 Å². The highest BCUT2D eigenvalue weighted by Crippen LogP contribution is 2.21. The summed E-state index contributed by atoms with van der Waals surface area (Å²) in [5, 5.41) is 12.2. The smallest absolute Gasteiger partial charge is 0.306 e. The van der Waals surface area contributed by atoms with Crippen molar-refractivity contribution in [3.05, 3.63) is 0 Å². The zero-order chi connectivity index (χ0) is 21.0. The van der Waals surface area contributed by atoms with Gasteiger partial charge in [-0.1, -0.05) is 71.1 Å². The van der Waals surface area contributed by atoms with Crippen molar-refractivity contribution in [1.82, 2.24) is 5.32 Å². The molecule has 1 saturated heterocycles. The van der Waals surface area contributed by atoms with Crippen molar-refractivity contribution in [1.29, 1.82) is 0 Å². The van der Waals surface area contributed by atoms with E-state index in [-0.39, 0.29) is 12.1 Å². The summed E-state index contributed by atoms with van der Waals surface area (Å²) in [6.07, 6.45) is 21.0. The molecule has 1 aliphatic rings. The van der Waals surface area contributed by atoms with Crippen molar-refractivity contribution in [3.8, 4) is 0 Å². The van der Waals surface area contributed by atoms with Crippen LogP contribution in [0, 0.1) is 5.92 Å². The molecular weight excluding hydrogens is 362 g/mol. The van der Waals surface area contributed by atoms with Gasteiger partial charge in [0.1, 0.15) is 6.10 Å². The summed E-state index contributed by atoms with van der Waals surface area (Å²) in [5.74, 6) is 0.544. The molecule has 0 aromatic rings. The van der Waals surface area contributed by atoms with Crippen molar-refractivity contribution in [3.63, 3.8) is 0 Å². The minimum Gasteiger partial charge on any atom is -0.462 e. The molecule has 0 aromatic heterocycles. The van der Waals surface area contributed by atoms with E-state index >= 15 is 0 Å². The number of hydrogen-bond donors (Lipinski definition) is 2. The Morgan fingerprint density at radius 3 is 1.93 bits per heavy atom. The summed E-state index contributed by atoms with van der Waals surface area (Å²) >= 11 is 0. The third-order valence-electron chi connectivity index (χ3n) is 6.28. The molecule has 172 valence electrons. The second-order valence-electron chi connectivity index (χ2n) is 9.05. The average molecular weight is 412 g/mol. The molecule has 2 N–H and O–H groups in total. The van der Waals surface area contributed by atoms with Gasteiger partial charge in [-0.25, -0.2) is 0 Å². The highest BCUT2D eigenvalue weighted by atomic mass is 16.5. The second kappa shape index (κ2) is 19.4. The first kappa shape index (κ1) is 26.4. The molecule has 4 nitrogen and oxygen atoms in total. The fraction of sp³-hybridized carbons (Fsp3) is 0.960. The maximum Gasteiger partial charge on any atom is 0.306 e. The first-order valence-electron chi connectivity index (χ1n) is 12.8. The third-order valence-corrected chi connectivity index (χ3v) is 6.28. The molecule has 1 atom stereocenters. The van der Waals surface area contributed by atoms with Crippen LogP contribution in [0.25, 0.3) is 0 Å². The predicted molar refractivity (Wildman–Crippen MR) is 122 cm³/mol. The largest absolute Gasteiger partial charge is 0.462 e. The lowest BCUT2D eigenvalue weighted by atomic mass is 9.95. The minimum atomic E-state index is 0.0350. The first-order chi connectivity index (χ1) is 14.3. The van der Waals surface area contributed by atoms with Crippen molar-refractivity contribution in [2.24, 2.45) is 5.92 Å². The quantitative estimate of drug-likeness (QED) is 0.198. The molecule has 0 spiro atoms. The van der Waals surface area contributed by atoms with Crippen molar-refractivity contribution in [2.45, 2.75) is 129 Å². The Morgan fingerprint density at radius 2 is 1.38 bits per heavy atom. The fourth-order valence-electron chi connectivity index (χ4n) is 4.34. The van der Waals surface area contributed by atoms with E-state index in [4.69, 9.17) is 9.84 Å². The number of aliphatic hydroxyl groups excluding tert-OH is 1. The number of unbranched alkanes of at least 4 members (excludes halogenated alkanes) is 11. The van der Waals surface area contributed by atoms with E-state index in [1.165, 1.54) is 64.2 Å². The topological polar surface area (TPSA) is 58.6 Å². The van der Waals surface area contributed by atoms with Crippen LogP contribution in [0.5, 0.6) is 0 Å². The maximum absolute atomic E-state index is 12.5. The van der Waals surface area contributed by atoms with Gasteiger partial charge < -0.3 is 15.2 Å². The summed E-state index contributed by atoms with van der Waals surface area (Å²) in [6.45, 7) is 4.65. The van der Waals surface area contributed by atoms with Crippen LogP contribution in [-0.2, 0) is 9.53 Å². The number of aliphatic hydroxyl groups is 1. The molecular formula is C25H49NO3. The Hall–Kier alpha value is -0.610. The molecule has 1 rings (SSSR count). The highest BCUT2D eigenvalue weighted by molar-refractivity contribution is 5.69. The van der Waals surface area contributed by atoms with E-state index < -0.39 is 0 Å². The Kier molecular flexibility index (Phi) is 17.6. The van der Waals surface area contributed by atoms with Crippen LogP contribution < -0.4 is 5.32 Å². The maximum atomic E-state index is 12.5. The van der Waals surface area contributed by atoms with Gasteiger partial charge in [0.25, 0.3) is 0 Å². The van der Waals surface area contributed by atoms with Gasteiger partial charge in [-0.15, -0.1) is 0 Å². The van der Waals surface area contributed by atoms with Gasteiger partial charge in [0.2, 0.25) is 0 Å². The van der Waals surface area contributed by atoms with Crippen molar-refractivity contribution < 1.29 is 14.6 Å². The van der Waals surface area contributed by atoms with E-state index in [0.29, 0.717) is 18.9 Å². The number of rotatable bonds is 19. The molecule has 0 aromatic carbocycles. The van der Waals surface area contributed by atoms with Gasteiger partial charge in [-0.2, -0.15) is 0 Å². The molecule has 29 heavy (non-hydrogen) atoms. The van der Waals surface area contributed by atoms with Crippen LogP contribution in [0.3, 0.4) is 0 Å². The lowest BCUT2D eigenvalue weighted by molar-refractivity contribution is -0.151. The van der Waals surface area contributed by atoms with Crippen LogP contribution in [0.4, 0.5) is 0 Å². The Morgan fingerprint density at radius 1 is 0.862 bits per heavy atom.